The number of alkyl halides is 3. The molecule has 3 aliphatic rings. The molecule has 594 valence electrons. The van der Waals surface area contributed by atoms with Gasteiger partial charge in [0.2, 0.25) is 0 Å². The maximum atomic E-state index is 13.7. The standard InChI is InChI=1S/3C23H30ClN2O9P/c3*1-13(2)33-22(29)15(4)12-36(31,35-16-8-6-5-7-9-16)32-11-17-19(27)18(24)21(34-17)26-10-14(3)20(28)25-23(26)30/h3*5-10,13,15,17-19,21,27H,11-12H2,1-4H3,(H,25,28,30)/t15-,17+,18-,19?,21+,36?;15-,17+,18-,19?,21+,36+;15-,17+,18-,19?,21+,36-/m111/s1. The first-order valence-electron chi connectivity index (χ1n) is 34.2. The second-order valence-corrected chi connectivity index (χ2v) is 34.2. The smallest absolute Gasteiger partial charge is 0.380 e. The molecule has 3 aromatic heterocycles. The molecule has 39 heteroatoms. The van der Waals surface area contributed by atoms with E-state index >= 15 is 0 Å². The van der Waals surface area contributed by atoms with Gasteiger partial charge in [-0.25, -0.2) is 28.1 Å². The molecule has 18 atom stereocenters. The average molecular weight is 1630 g/mol. The second-order valence-electron chi connectivity index (χ2n) is 26.6. The number of aromatic amines is 3. The van der Waals surface area contributed by atoms with Crippen LogP contribution >= 0.6 is 57.6 Å². The molecule has 3 fully saturated rings. The third-order valence-corrected chi connectivity index (χ3v) is 23.7. The van der Waals surface area contributed by atoms with Crippen molar-refractivity contribution < 1.29 is 99.0 Å². The molecular formula is C69H90Cl3N6O27P3. The van der Waals surface area contributed by atoms with Gasteiger partial charge < -0.3 is 57.3 Å². The number of benzene rings is 3. The quantitative estimate of drug-likeness (QED) is 0.0108. The van der Waals surface area contributed by atoms with Crippen LogP contribution in [0.4, 0.5) is 0 Å². The van der Waals surface area contributed by atoms with Gasteiger partial charge in [0.1, 0.15) is 70.0 Å². The van der Waals surface area contributed by atoms with Gasteiger partial charge in [-0.05, 0) is 98.7 Å². The molecule has 0 radical (unpaired) electrons. The van der Waals surface area contributed by atoms with Crippen molar-refractivity contribution in [3.8, 4) is 17.2 Å². The van der Waals surface area contributed by atoms with Crippen LogP contribution in [-0.2, 0) is 70.1 Å². The van der Waals surface area contributed by atoms with Crippen LogP contribution < -0.4 is 47.3 Å². The third-order valence-electron chi connectivity index (χ3n) is 16.2. The van der Waals surface area contributed by atoms with E-state index in [2.05, 4.69) is 15.0 Å². The van der Waals surface area contributed by atoms with E-state index in [1.807, 2.05) is 0 Å². The number of hydrogen-bond acceptors (Lipinski definition) is 27. The molecule has 9 rings (SSSR count). The van der Waals surface area contributed by atoms with Gasteiger partial charge in [0.15, 0.2) is 18.7 Å². The number of aliphatic hydroxyl groups excluding tert-OH is 3. The second kappa shape index (κ2) is 39.1. The molecule has 6 heterocycles. The molecule has 0 spiro atoms. The summed E-state index contributed by atoms with van der Waals surface area (Å²) in [5, 5.41) is 28.7. The molecule has 3 saturated heterocycles. The Labute approximate surface area is 634 Å². The number of aliphatic hydroxyl groups is 3. The van der Waals surface area contributed by atoms with Crippen LogP contribution in [0.3, 0.4) is 0 Å². The van der Waals surface area contributed by atoms with E-state index in [1.54, 1.807) is 153 Å². The highest BCUT2D eigenvalue weighted by Crippen LogP contribution is 2.54. The first-order chi connectivity index (χ1) is 50.7. The lowest BCUT2D eigenvalue weighted by Gasteiger charge is -2.24. The SMILES string of the molecule is Cc1cn([C@H]2O[C@@H](COP(=O)(C[C@@H](C)C(=O)OC(C)C)Oc3ccccc3)C(O)[C@H]2Cl)c(=O)[nH]c1=O.Cc1cn([C@H]2O[C@@H](CO[P@@](=O)(C[C@@H](C)C(=O)OC(C)C)Oc3ccccc3)C(O)[C@H]2Cl)c(=O)[nH]c1=O.Cc1cn([C@H]2O[C@@H](CO[P@](=O)(C[C@@H](C)C(=O)OC(C)C)Oc3ccccc3)C(O)[C@H]2Cl)c(=O)[nH]c1=O. The summed E-state index contributed by atoms with van der Waals surface area (Å²) in [6.45, 7) is 18.2. The lowest BCUT2D eigenvalue weighted by molar-refractivity contribution is -0.152. The third kappa shape index (κ3) is 24.4. The number of carbonyl (C=O) groups excluding carboxylic acids is 3. The van der Waals surface area contributed by atoms with Gasteiger partial charge in [-0.1, -0.05) is 75.4 Å². The van der Waals surface area contributed by atoms with Crippen LogP contribution in [0.25, 0.3) is 0 Å². The normalized spacial score (nSPS) is 24.3. The summed E-state index contributed by atoms with van der Waals surface area (Å²) in [5.41, 5.74) is -3.18. The van der Waals surface area contributed by atoms with Crippen molar-refractivity contribution in [3.63, 3.8) is 0 Å². The molecule has 108 heavy (non-hydrogen) atoms. The Bertz CT molecular complexity index is 4100. The Morgan fingerprint density at radius 1 is 0.417 bits per heavy atom. The van der Waals surface area contributed by atoms with E-state index < -0.39 is 183 Å². The van der Waals surface area contributed by atoms with E-state index in [4.69, 9.17) is 90.4 Å². The molecule has 0 amide bonds. The van der Waals surface area contributed by atoms with Crippen molar-refractivity contribution in [1.29, 1.82) is 0 Å². The largest absolute Gasteiger partial charge is 0.463 e. The molecule has 0 saturated carbocycles. The van der Waals surface area contributed by atoms with E-state index in [1.165, 1.54) is 39.4 Å². The van der Waals surface area contributed by atoms with Crippen molar-refractivity contribution in [2.75, 3.05) is 38.3 Å². The average Bonchev–Trinajstić information content (AvgIpc) is 1.65. The minimum absolute atomic E-state index is 0.249. The predicted octanol–water partition coefficient (Wildman–Crippen LogP) is 7.76. The predicted molar refractivity (Wildman–Crippen MR) is 395 cm³/mol. The molecule has 6 aromatic rings. The zero-order valence-electron chi connectivity index (χ0n) is 61.0. The van der Waals surface area contributed by atoms with E-state index in [-0.39, 0.29) is 70.7 Å². The van der Waals surface area contributed by atoms with Crippen LogP contribution in [0, 0.1) is 38.5 Å². The number of nitrogens with one attached hydrogen (secondary N) is 3. The summed E-state index contributed by atoms with van der Waals surface area (Å²) < 4.78 is 111. The Morgan fingerprint density at radius 2 is 0.639 bits per heavy atom. The maximum Gasteiger partial charge on any atom is 0.380 e. The lowest BCUT2D eigenvalue weighted by Crippen LogP contribution is -2.36. The van der Waals surface area contributed by atoms with Crippen LogP contribution in [0.15, 0.2) is 138 Å². The van der Waals surface area contributed by atoms with Crippen molar-refractivity contribution in [2.45, 2.75) is 173 Å². The van der Waals surface area contributed by atoms with Gasteiger partial charge in [0.05, 0.1) is 74.4 Å². The Balaban J connectivity index is 0.000000226. The van der Waals surface area contributed by atoms with E-state index in [9.17, 15) is 72.2 Å². The summed E-state index contributed by atoms with van der Waals surface area (Å²) in [6.07, 6.45) is -8.58. The Hall–Kier alpha value is -7.29. The number of nitrogens with zero attached hydrogens (tertiary/aromatic N) is 3. The molecule has 3 aliphatic heterocycles. The fourth-order valence-electron chi connectivity index (χ4n) is 10.6. The number of ether oxygens (including phenoxy) is 6. The minimum atomic E-state index is -3.96. The molecule has 0 aliphatic carbocycles. The monoisotopic (exact) mass is 1630 g/mol. The van der Waals surface area contributed by atoms with Gasteiger partial charge in [0, 0.05) is 35.3 Å². The van der Waals surface area contributed by atoms with Crippen LogP contribution in [0.2, 0.25) is 0 Å². The molecule has 33 nitrogen and oxygen atoms in total. The highest BCUT2D eigenvalue weighted by Gasteiger charge is 2.49. The fraction of sp³-hybridized carbons (Fsp3) is 0.522. The molecule has 3 aromatic carbocycles. The number of rotatable bonds is 30. The summed E-state index contributed by atoms with van der Waals surface area (Å²) in [4.78, 5) is 115. The van der Waals surface area contributed by atoms with Gasteiger partial charge >= 0.3 is 57.8 Å². The van der Waals surface area contributed by atoms with Crippen molar-refractivity contribution in [3.05, 3.63) is 189 Å². The number of H-pyrrole nitrogens is 3. The highest BCUT2D eigenvalue weighted by molar-refractivity contribution is 7.55. The van der Waals surface area contributed by atoms with E-state index in [0.29, 0.717) is 0 Å². The molecule has 0 bridgehead atoms. The minimum Gasteiger partial charge on any atom is -0.463 e. The zero-order chi connectivity index (χ0) is 79.9. The summed E-state index contributed by atoms with van der Waals surface area (Å²) in [7, 11) is -11.9. The summed E-state index contributed by atoms with van der Waals surface area (Å²) in [6, 6.07) is 24.9. The number of para-hydroxylation sites is 3. The van der Waals surface area contributed by atoms with Crippen molar-refractivity contribution >= 4 is 75.5 Å². The summed E-state index contributed by atoms with van der Waals surface area (Å²) >= 11 is 19.0. The number of esters is 3. The van der Waals surface area contributed by atoms with Gasteiger partial charge in [-0.3, -0.25) is 71.0 Å². The fourth-order valence-corrected chi connectivity index (χ4v) is 17.3. The lowest BCUT2D eigenvalue weighted by atomic mass is 10.2. The number of aromatic nitrogens is 6. The van der Waals surface area contributed by atoms with Crippen molar-refractivity contribution in [2.24, 2.45) is 17.8 Å². The number of halogens is 3. The topological polar surface area (TPSA) is 438 Å². The number of aryl methyl sites for hydroxylation is 3. The van der Waals surface area contributed by atoms with Gasteiger partial charge in [0.25, 0.3) is 16.7 Å². The molecular weight excluding hydrogens is 1540 g/mol. The number of hydrogen-bond donors (Lipinski definition) is 6. The zero-order valence-corrected chi connectivity index (χ0v) is 65.9. The number of carbonyl (C=O) groups is 3. The van der Waals surface area contributed by atoms with Gasteiger partial charge in [-0.2, -0.15) is 0 Å². The van der Waals surface area contributed by atoms with Crippen LogP contribution in [-0.4, -0.2) is 171 Å². The Morgan fingerprint density at radius 3 is 0.852 bits per heavy atom. The van der Waals surface area contributed by atoms with Crippen LogP contribution in [0.5, 0.6) is 17.2 Å². The highest BCUT2D eigenvalue weighted by atomic mass is 35.5. The van der Waals surface area contributed by atoms with E-state index in [0.717, 1.165) is 13.7 Å². The van der Waals surface area contributed by atoms with Crippen LogP contribution in [0.1, 0.15) is 97.7 Å². The first-order valence-corrected chi connectivity index (χ1v) is 40.6. The Kier molecular flexibility index (Phi) is 31.8. The van der Waals surface area contributed by atoms with Crippen molar-refractivity contribution in [1.82, 2.24) is 28.7 Å². The summed E-state index contributed by atoms with van der Waals surface area (Å²) in [5.74, 6) is -3.32. The maximum absolute atomic E-state index is 13.7. The first kappa shape index (κ1) is 87.9. The molecule has 4 unspecified atom stereocenters. The van der Waals surface area contributed by atoms with Gasteiger partial charge in [-0.15, -0.1) is 34.8 Å². The molecule has 6 N–H and O–H groups in total.